The van der Waals surface area contributed by atoms with Crippen LogP contribution in [0.1, 0.15) is 0 Å². The summed E-state index contributed by atoms with van der Waals surface area (Å²) in [6.07, 6.45) is 5.77. The molecule has 10 aromatic carbocycles. The highest BCUT2D eigenvalue weighted by Gasteiger charge is 2.19. The molecule has 3 heteroatoms. The van der Waals surface area contributed by atoms with Crippen LogP contribution in [0, 0.1) is 0 Å². The molecule has 3 heterocycles. The van der Waals surface area contributed by atoms with Crippen molar-refractivity contribution in [2.24, 2.45) is 0 Å². The molecule has 0 saturated heterocycles. The molecule has 0 aliphatic heterocycles. The standard InChI is InChI=1S/C75H51N3/c1-3-18-52(19-4-1)53-32-34-54(35-33-53)60-22-17-23-61(46-60)75-50-71(55-20-5-2-6-21-55)72(51-78-75)70-29-12-11-28-69(70)64-48-62(67-26-9-7-24-65(67)56-36-40-58(41-37-56)73-30-13-15-44-76-73)47-63(49-64)68-27-10-8-25-66(68)57-38-42-59(43-39-57)74-31-14-16-45-77-74/h1-51H. The highest BCUT2D eigenvalue weighted by molar-refractivity contribution is 5.97. The van der Waals surface area contributed by atoms with Crippen molar-refractivity contribution in [1.82, 2.24) is 15.0 Å². The van der Waals surface area contributed by atoms with E-state index in [4.69, 9.17) is 4.98 Å². The largest absolute Gasteiger partial charge is 0.256 e. The van der Waals surface area contributed by atoms with E-state index in [1.807, 2.05) is 36.7 Å². The van der Waals surface area contributed by atoms with Crippen LogP contribution >= 0.6 is 0 Å². The fourth-order valence-corrected chi connectivity index (χ4v) is 10.8. The summed E-state index contributed by atoms with van der Waals surface area (Å²) in [4.78, 5) is 14.6. The molecule has 0 bridgehead atoms. The maximum atomic E-state index is 5.30. The zero-order valence-electron chi connectivity index (χ0n) is 42.8. The van der Waals surface area contributed by atoms with Gasteiger partial charge in [-0.3, -0.25) is 15.0 Å². The molecule has 0 N–H and O–H groups in total. The first-order valence-corrected chi connectivity index (χ1v) is 26.5. The van der Waals surface area contributed by atoms with E-state index in [-0.39, 0.29) is 0 Å². The van der Waals surface area contributed by atoms with Crippen LogP contribution in [-0.4, -0.2) is 15.0 Å². The quantitative estimate of drug-likeness (QED) is 0.122. The van der Waals surface area contributed by atoms with Crippen LogP contribution in [0.2, 0.25) is 0 Å². The topological polar surface area (TPSA) is 38.7 Å². The van der Waals surface area contributed by atoms with E-state index in [0.717, 1.165) is 123 Å². The molecule has 3 nitrogen and oxygen atoms in total. The summed E-state index contributed by atoms with van der Waals surface area (Å²) in [5.74, 6) is 0. The summed E-state index contributed by atoms with van der Waals surface area (Å²) in [7, 11) is 0. The zero-order valence-corrected chi connectivity index (χ0v) is 42.8. The average molecular weight is 994 g/mol. The van der Waals surface area contributed by atoms with Gasteiger partial charge in [-0.2, -0.15) is 0 Å². The maximum Gasteiger partial charge on any atom is 0.0708 e. The van der Waals surface area contributed by atoms with Crippen molar-refractivity contribution in [3.63, 3.8) is 0 Å². The van der Waals surface area contributed by atoms with Crippen LogP contribution in [0.4, 0.5) is 0 Å². The molecule has 0 fully saturated rings. The molecule has 13 aromatic rings. The number of hydrogen-bond donors (Lipinski definition) is 0. The van der Waals surface area contributed by atoms with Crippen molar-refractivity contribution < 1.29 is 0 Å². The lowest BCUT2D eigenvalue weighted by atomic mass is 9.85. The Kier molecular flexibility index (Phi) is 13.0. The van der Waals surface area contributed by atoms with Gasteiger partial charge in [-0.05, 0) is 149 Å². The molecule has 0 amide bonds. The van der Waals surface area contributed by atoms with E-state index in [9.17, 15) is 0 Å². The van der Waals surface area contributed by atoms with Gasteiger partial charge < -0.3 is 0 Å². The third kappa shape index (κ3) is 9.76. The van der Waals surface area contributed by atoms with Gasteiger partial charge in [-0.15, -0.1) is 0 Å². The molecule has 78 heavy (non-hydrogen) atoms. The Bertz CT molecular complexity index is 4050. The van der Waals surface area contributed by atoms with Crippen molar-refractivity contribution in [1.29, 1.82) is 0 Å². The van der Waals surface area contributed by atoms with E-state index in [1.54, 1.807) is 0 Å². The van der Waals surface area contributed by atoms with Gasteiger partial charge in [0.1, 0.15) is 0 Å². The third-order valence-corrected chi connectivity index (χ3v) is 14.7. The van der Waals surface area contributed by atoms with Crippen LogP contribution in [0.25, 0.3) is 134 Å². The predicted octanol–water partition coefficient (Wildman–Crippen LogP) is 19.9. The first-order valence-electron chi connectivity index (χ1n) is 26.5. The number of nitrogens with zero attached hydrogens (tertiary/aromatic N) is 3. The summed E-state index contributed by atoms with van der Waals surface area (Å²) in [6.45, 7) is 0. The monoisotopic (exact) mass is 993 g/mol. The Morgan fingerprint density at radius 1 is 0.154 bits per heavy atom. The summed E-state index contributed by atoms with van der Waals surface area (Å²) in [5.41, 5.74) is 26.5. The van der Waals surface area contributed by atoms with Crippen LogP contribution in [0.15, 0.2) is 310 Å². The molecule has 0 spiro atoms. The number of rotatable bonds is 12. The average Bonchev–Trinajstić information content (AvgIpc) is 3.54. The van der Waals surface area contributed by atoms with Gasteiger partial charge >= 0.3 is 0 Å². The highest BCUT2D eigenvalue weighted by atomic mass is 14.7. The Labute approximate surface area is 456 Å². The Balaban J connectivity index is 0.944. The van der Waals surface area contributed by atoms with Crippen molar-refractivity contribution in [2.45, 2.75) is 0 Å². The van der Waals surface area contributed by atoms with E-state index >= 15 is 0 Å². The number of pyridine rings is 3. The van der Waals surface area contributed by atoms with Crippen molar-refractivity contribution >= 4 is 0 Å². The molecule has 0 unspecified atom stereocenters. The van der Waals surface area contributed by atoms with Gasteiger partial charge in [0.15, 0.2) is 0 Å². The Morgan fingerprint density at radius 3 is 0.974 bits per heavy atom. The lowest BCUT2D eigenvalue weighted by molar-refractivity contribution is 1.32. The first-order chi connectivity index (χ1) is 38.7. The zero-order chi connectivity index (χ0) is 52.0. The van der Waals surface area contributed by atoms with Crippen LogP contribution in [0.3, 0.4) is 0 Å². The fourth-order valence-electron chi connectivity index (χ4n) is 10.8. The molecule has 13 rings (SSSR count). The van der Waals surface area contributed by atoms with Crippen molar-refractivity contribution in [3.05, 3.63) is 310 Å². The van der Waals surface area contributed by atoms with E-state index in [2.05, 4.69) is 283 Å². The minimum Gasteiger partial charge on any atom is -0.256 e. The first kappa shape index (κ1) is 47.4. The summed E-state index contributed by atoms with van der Waals surface area (Å²) in [5, 5.41) is 0. The molecule has 366 valence electrons. The Morgan fingerprint density at radius 2 is 0.487 bits per heavy atom. The van der Waals surface area contributed by atoms with E-state index in [0.29, 0.717) is 0 Å². The molecule has 0 radical (unpaired) electrons. The second-order valence-corrected chi connectivity index (χ2v) is 19.5. The SMILES string of the molecule is c1ccc(-c2ccc(-c3cccc(-c4cc(-c5ccccc5)c(-c5ccccc5-c5cc(-c6ccccc6-c6ccc(-c7ccccn7)cc6)cc(-c6ccccc6-c6ccc(-c7ccccn7)cc6)c5)cn4)c3)cc2)cc1. The number of benzene rings is 10. The predicted molar refractivity (Wildman–Crippen MR) is 325 cm³/mol. The van der Waals surface area contributed by atoms with Gasteiger partial charge in [0.2, 0.25) is 0 Å². The van der Waals surface area contributed by atoms with Gasteiger partial charge in [0.05, 0.1) is 17.1 Å². The van der Waals surface area contributed by atoms with Crippen LogP contribution < -0.4 is 0 Å². The Hall–Kier alpha value is -10.4. The number of hydrogen-bond acceptors (Lipinski definition) is 3. The third-order valence-electron chi connectivity index (χ3n) is 14.7. The minimum absolute atomic E-state index is 0.913. The van der Waals surface area contributed by atoms with Crippen LogP contribution in [0.5, 0.6) is 0 Å². The van der Waals surface area contributed by atoms with Gasteiger partial charge in [-0.25, -0.2) is 0 Å². The summed E-state index contributed by atoms with van der Waals surface area (Å²) >= 11 is 0. The molecular weight excluding hydrogens is 943 g/mol. The molecule has 0 saturated carbocycles. The van der Waals surface area contributed by atoms with Gasteiger partial charge in [-0.1, -0.05) is 237 Å². The van der Waals surface area contributed by atoms with Gasteiger partial charge in [0.25, 0.3) is 0 Å². The lowest BCUT2D eigenvalue weighted by Crippen LogP contribution is -1.95. The maximum absolute atomic E-state index is 5.30. The molecule has 0 aliphatic rings. The fraction of sp³-hybridized carbons (Fsp3) is 0. The minimum atomic E-state index is 0.913. The van der Waals surface area contributed by atoms with E-state index < -0.39 is 0 Å². The van der Waals surface area contributed by atoms with Crippen LogP contribution in [-0.2, 0) is 0 Å². The lowest BCUT2D eigenvalue weighted by Gasteiger charge is -2.19. The van der Waals surface area contributed by atoms with E-state index in [1.165, 1.54) is 11.1 Å². The van der Waals surface area contributed by atoms with Crippen molar-refractivity contribution in [2.75, 3.05) is 0 Å². The highest BCUT2D eigenvalue weighted by Crippen LogP contribution is 2.45. The molecule has 0 aliphatic carbocycles. The normalized spacial score (nSPS) is 11.1. The molecular formula is C75H51N3. The second-order valence-electron chi connectivity index (χ2n) is 19.5. The van der Waals surface area contributed by atoms with Gasteiger partial charge in [0, 0.05) is 40.8 Å². The molecule has 3 aromatic heterocycles. The van der Waals surface area contributed by atoms with Crippen molar-refractivity contribution in [3.8, 4) is 134 Å². The second kappa shape index (κ2) is 21.5. The smallest absolute Gasteiger partial charge is 0.0708 e. The summed E-state index contributed by atoms with van der Waals surface area (Å²) < 4.78 is 0. The summed E-state index contributed by atoms with van der Waals surface area (Å²) in [6, 6.07) is 104. The molecule has 0 atom stereocenters. The number of aromatic nitrogens is 3.